The van der Waals surface area contributed by atoms with Crippen LogP contribution in [0.1, 0.15) is 32.6 Å². The van der Waals surface area contributed by atoms with Crippen LogP contribution >= 0.6 is 0 Å². The van der Waals surface area contributed by atoms with Gasteiger partial charge in [-0.15, -0.1) is 0 Å². The summed E-state index contributed by atoms with van der Waals surface area (Å²) in [5.74, 6) is 0.784. The van der Waals surface area contributed by atoms with Crippen LogP contribution in [0.4, 0.5) is 0 Å². The number of aromatic nitrogens is 1. The topological polar surface area (TPSA) is 28.7 Å². The molecule has 0 aromatic carbocycles. The van der Waals surface area contributed by atoms with Gasteiger partial charge in [-0.3, -0.25) is 0 Å². The Hall–Kier alpha value is -1.23. The highest BCUT2D eigenvalue weighted by Crippen LogP contribution is 2.36. The normalized spacial score (nSPS) is 32.4. The minimum absolute atomic E-state index is 0.254. The first-order valence-electron chi connectivity index (χ1n) is 5.31. The van der Waals surface area contributed by atoms with E-state index < -0.39 is 0 Å². The van der Waals surface area contributed by atoms with Gasteiger partial charge in [-0.2, -0.15) is 5.26 Å². The minimum atomic E-state index is -0.254. The molecule has 0 spiro atoms. The van der Waals surface area contributed by atoms with Crippen LogP contribution in [0.3, 0.4) is 0 Å². The lowest BCUT2D eigenvalue weighted by molar-refractivity contribution is 0.222. The average molecular weight is 188 g/mol. The first kappa shape index (κ1) is 9.33. The smallest absolute Gasteiger partial charge is 0.131 e. The third-order valence-corrected chi connectivity index (χ3v) is 3.41. The molecule has 0 atom stereocenters. The largest absolute Gasteiger partial charge is 0.335 e. The molecular formula is C12H16N2. The molecule has 1 aliphatic rings. The van der Waals surface area contributed by atoms with E-state index in [-0.39, 0.29) is 5.54 Å². The van der Waals surface area contributed by atoms with Crippen molar-refractivity contribution in [1.82, 2.24) is 4.57 Å². The second kappa shape index (κ2) is 3.49. The van der Waals surface area contributed by atoms with Crippen molar-refractivity contribution in [1.29, 1.82) is 5.26 Å². The summed E-state index contributed by atoms with van der Waals surface area (Å²) in [5, 5.41) is 9.33. The number of nitriles is 1. The van der Waals surface area contributed by atoms with E-state index in [2.05, 4.69) is 17.6 Å². The molecule has 0 amide bonds. The summed E-state index contributed by atoms with van der Waals surface area (Å²) in [5.41, 5.74) is -0.254. The van der Waals surface area contributed by atoms with Crippen LogP contribution in [0.15, 0.2) is 24.5 Å². The Labute approximate surface area is 85.2 Å². The second-order valence-corrected chi connectivity index (χ2v) is 4.42. The first-order chi connectivity index (χ1) is 6.77. The summed E-state index contributed by atoms with van der Waals surface area (Å²) in [6.45, 7) is 2.27. The monoisotopic (exact) mass is 188 g/mol. The molecule has 0 saturated heterocycles. The van der Waals surface area contributed by atoms with Crippen LogP contribution in [0, 0.1) is 17.2 Å². The highest BCUT2D eigenvalue weighted by atomic mass is 15.0. The van der Waals surface area contributed by atoms with Gasteiger partial charge >= 0.3 is 0 Å². The summed E-state index contributed by atoms with van der Waals surface area (Å²) in [7, 11) is 0. The molecule has 1 fully saturated rings. The summed E-state index contributed by atoms with van der Waals surface area (Å²) >= 11 is 0. The lowest BCUT2D eigenvalue weighted by Crippen LogP contribution is -2.35. The van der Waals surface area contributed by atoms with E-state index in [9.17, 15) is 5.26 Å². The van der Waals surface area contributed by atoms with E-state index in [0.717, 1.165) is 18.8 Å². The van der Waals surface area contributed by atoms with Crippen molar-refractivity contribution in [2.45, 2.75) is 38.1 Å². The standard InChI is InChI=1S/C12H16N2/c1-11-4-6-12(10-13,7-5-11)14-8-2-3-9-14/h2-3,8-9,11H,4-7H2,1H3. The Morgan fingerprint density at radius 3 is 2.36 bits per heavy atom. The van der Waals surface area contributed by atoms with Gasteiger partial charge in [0, 0.05) is 12.4 Å². The molecule has 1 aromatic rings. The molecule has 0 unspecified atom stereocenters. The molecule has 1 aromatic heterocycles. The molecule has 2 nitrogen and oxygen atoms in total. The molecule has 0 N–H and O–H groups in total. The number of nitrogens with zero attached hydrogens (tertiary/aromatic N) is 2. The summed E-state index contributed by atoms with van der Waals surface area (Å²) in [4.78, 5) is 0. The van der Waals surface area contributed by atoms with Gasteiger partial charge in [0.1, 0.15) is 5.54 Å². The molecule has 2 rings (SSSR count). The fourth-order valence-corrected chi connectivity index (χ4v) is 2.29. The van der Waals surface area contributed by atoms with Crippen molar-refractivity contribution in [3.8, 4) is 6.07 Å². The van der Waals surface area contributed by atoms with Crippen molar-refractivity contribution in [3.05, 3.63) is 24.5 Å². The van der Waals surface area contributed by atoms with Gasteiger partial charge in [-0.1, -0.05) is 6.92 Å². The third kappa shape index (κ3) is 1.43. The maximum absolute atomic E-state index is 9.33. The van der Waals surface area contributed by atoms with E-state index in [1.165, 1.54) is 12.8 Å². The van der Waals surface area contributed by atoms with Crippen LogP contribution in [-0.2, 0) is 5.54 Å². The molecule has 14 heavy (non-hydrogen) atoms. The maximum atomic E-state index is 9.33. The Bertz CT molecular complexity index is 324. The Kier molecular flexibility index (Phi) is 2.33. The van der Waals surface area contributed by atoms with Gasteiger partial charge in [0.25, 0.3) is 0 Å². The van der Waals surface area contributed by atoms with Crippen molar-refractivity contribution in [2.75, 3.05) is 0 Å². The third-order valence-electron chi connectivity index (χ3n) is 3.41. The molecule has 0 bridgehead atoms. The zero-order valence-electron chi connectivity index (χ0n) is 8.61. The van der Waals surface area contributed by atoms with Gasteiger partial charge in [0.15, 0.2) is 0 Å². The van der Waals surface area contributed by atoms with Crippen LogP contribution in [0.2, 0.25) is 0 Å². The quantitative estimate of drug-likeness (QED) is 0.666. The van der Waals surface area contributed by atoms with Gasteiger partial charge in [0.05, 0.1) is 6.07 Å². The van der Waals surface area contributed by atoms with Crippen molar-refractivity contribution in [3.63, 3.8) is 0 Å². The predicted octanol–water partition coefficient (Wildman–Crippen LogP) is 2.92. The fourth-order valence-electron chi connectivity index (χ4n) is 2.29. The van der Waals surface area contributed by atoms with E-state index in [1.54, 1.807) is 0 Å². The van der Waals surface area contributed by atoms with Crippen LogP contribution < -0.4 is 0 Å². The average Bonchev–Trinajstić information content (AvgIpc) is 2.73. The molecule has 1 heterocycles. The zero-order chi connectivity index (χ0) is 10.0. The van der Waals surface area contributed by atoms with Crippen molar-refractivity contribution in [2.24, 2.45) is 5.92 Å². The molecule has 0 aliphatic heterocycles. The highest BCUT2D eigenvalue weighted by Gasteiger charge is 2.35. The molecule has 0 radical (unpaired) electrons. The van der Waals surface area contributed by atoms with E-state index in [1.807, 2.05) is 24.5 Å². The lowest BCUT2D eigenvalue weighted by Gasteiger charge is -2.35. The SMILES string of the molecule is CC1CCC(C#N)(n2cccc2)CC1. The summed E-state index contributed by atoms with van der Waals surface area (Å²) < 4.78 is 2.08. The van der Waals surface area contributed by atoms with Crippen LogP contribution in [0.5, 0.6) is 0 Å². The van der Waals surface area contributed by atoms with Crippen LogP contribution in [0.25, 0.3) is 0 Å². The molecule has 2 heteroatoms. The number of hydrogen-bond donors (Lipinski definition) is 0. The number of hydrogen-bond acceptors (Lipinski definition) is 1. The zero-order valence-corrected chi connectivity index (χ0v) is 8.61. The maximum Gasteiger partial charge on any atom is 0.131 e. The first-order valence-corrected chi connectivity index (χ1v) is 5.31. The Balaban J connectivity index is 2.24. The molecule has 1 saturated carbocycles. The van der Waals surface area contributed by atoms with Gasteiger partial charge in [-0.05, 0) is 43.7 Å². The van der Waals surface area contributed by atoms with E-state index in [0.29, 0.717) is 0 Å². The van der Waals surface area contributed by atoms with Crippen molar-refractivity contribution >= 4 is 0 Å². The predicted molar refractivity (Wildman–Crippen MR) is 55.7 cm³/mol. The van der Waals surface area contributed by atoms with Gasteiger partial charge in [-0.25, -0.2) is 0 Å². The van der Waals surface area contributed by atoms with Crippen molar-refractivity contribution < 1.29 is 0 Å². The highest BCUT2D eigenvalue weighted by molar-refractivity contribution is 5.10. The lowest BCUT2D eigenvalue weighted by atomic mass is 9.78. The fraction of sp³-hybridized carbons (Fsp3) is 0.583. The van der Waals surface area contributed by atoms with Crippen LogP contribution in [-0.4, -0.2) is 4.57 Å². The van der Waals surface area contributed by atoms with Gasteiger partial charge in [0.2, 0.25) is 0 Å². The molecule has 1 aliphatic carbocycles. The van der Waals surface area contributed by atoms with E-state index in [4.69, 9.17) is 0 Å². The summed E-state index contributed by atoms with van der Waals surface area (Å²) in [6, 6.07) is 6.50. The minimum Gasteiger partial charge on any atom is -0.335 e. The molecule has 74 valence electrons. The molecular weight excluding hydrogens is 172 g/mol. The second-order valence-electron chi connectivity index (χ2n) is 4.42. The number of rotatable bonds is 1. The van der Waals surface area contributed by atoms with Gasteiger partial charge < -0.3 is 4.57 Å². The Morgan fingerprint density at radius 1 is 1.29 bits per heavy atom. The Morgan fingerprint density at radius 2 is 1.86 bits per heavy atom. The van der Waals surface area contributed by atoms with E-state index >= 15 is 0 Å². The summed E-state index contributed by atoms with van der Waals surface area (Å²) in [6.07, 6.45) is 8.37.